The lowest BCUT2D eigenvalue weighted by Gasteiger charge is -2.31. The van der Waals surface area contributed by atoms with Crippen molar-refractivity contribution in [2.45, 2.75) is 43.6 Å². The van der Waals surface area contributed by atoms with Crippen molar-refractivity contribution >= 4 is 10.0 Å². The van der Waals surface area contributed by atoms with E-state index in [1.807, 2.05) is 26.1 Å². The van der Waals surface area contributed by atoms with Gasteiger partial charge >= 0.3 is 0 Å². The van der Waals surface area contributed by atoms with Crippen molar-refractivity contribution in [3.8, 4) is 5.75 Å². The first-order chi connectivity index (χ1) is 12.0. The third kappa shape index (κ3) is 4.19. The molecule has 6 heteroatoms. The molecule has 0 amide bonds. The number of hydrogen-bond acceptors (Lipinski definition) is 4. The highest BCUT2D eigenvalue weighted by atomic mass is 32.2. The van der Waals surface area contributed by atoms with Crippen LogP contribution in [0.25, 0.3) is 0 Å². The summed E-state index contributed by atoms with van der Waals surface area (Å²) in [6.45, 7) is 4.95. The Kier molecular flexibility index (Phi) is 5.39. The molecule has 25 heavy (non-hydrogen) atoms. The summed E-state index contributed by atoms with van der Waals surface area (Å²) in [5, 5.41) is 0. The molecule has 0 unspecified atom stereocenters. The lowest BCUT2D eigenvalue weighted by molar-refractivity contribution is 0.242. The Morgan fingerprint density at radius 2 is 1.80 bits per heavy atom. The van der Waals surface area contributed by atoms with E-state index in [2.05, 4.69) is 11.1 Å². The molecular formula is C19H24N2O3S. The number of benzene rings is 1. The van der Waals surface area contributed by atoms with Crippen LogP contribution in [0.5, 0.6) is 5.75 Å². The second-order valence-corrected chi connectivity index (χ2v) is 8.54. The fourth-order valence-electron chi connectivity index (χ4n) is 3.16. The topological polar surface area (TPSA) is 59.5 Å². The Hall–Kier alpha value is -1.92. The van der Waals surface area contributed by atoms with Gasteiger partial charge in [0.2, 0.25) is 10.0 Å². The van der Waals surface area contributed by atoms with Crippen molar-refractivity contribution in [3.05, 3.63) is 54.4 Å². The molecular weight excluding hydrogens is 336 g/mol. The summed E-state index contributed by atoms with van der Waals surface area (Å²) in [4.78, 5) is 4.48. The third-order valence-electron chi connectivity index (χ3n) is 4.44. The number of hydrogen-bond donors (Lipinski definition) is 0. The molecule has 0 spiro atoms. The van der Waals surface area contributed by atoms with Gasteiger partial charge in [-0.1, -0.05) is 6.07 Å². The molecule has 2 aromatic rings. The Morgan fingerprint density at radius 1 is 1.12 bits per heavy atom. The maximum Gasteiger partial charge on any atom is 0.243 e. The molecule has 1 aromatic carbocycles. The van der Waals surface area contributed by atoms with Gasteiger partial charge < -0.3 is 4.74 Å². The van der Waals surface area contributed by atoms with Crippen molar-refractivity contribution in [2.75, 3.05) is 13.1 Å². The molecule has 2 heterocycles. The predicted molar refractivity (Wildman–Crippen MR) is 97.2 cm³/mol. The maximum atomic E-state index is 12.8. The van der Waals surface area contributed by atoms with Gasteiger partial charge in [0.1, 0.15) is 5.75 Å². The van der Waals surface area contributed by atoms with Crippen molar-refractivity contribution in [1.29, 1.82) is 0 Å². The van der Waals surface area contributed by atoms with Gasteiger partial charge in [-0.3, -0.25) is 4.98 Å². The number of nitrogens with zero attached hydrogens (tertiary/aromatic N) is 2. The van der Waals surface area contributed by atoms with E-state index in [9.17, 15) is 8.42 Å². The third-order valence-corrected chi connectivity index (χ3v) is 6.36. The van der Waals surface area contributed by atoms with Crippen LogP contribution >= 0.6 is 0 Å². The molecule has 0 aliphatic carbocycles. The summed E-state index contributed by atoms with van der Waals surface area (Å²) in [5.74, 6) is 1.06. The van der Waals surface area contributed by atoms with Gasteiger partial charge in [-0.2, -0.15) is 4.31 Å². The molecule has 1 aromatic heterocycles. The summed E-state index contributed by atoms with van der Waals surface area (Å²) >= 11 is 0. The molecule has 1 saturated heterocycles. The van der Waals surface area contributed by atoms with Crippen LogP contribution in [0.3, 0.4) is 0 Å². The minimum Gasteiger partial charge on any atom is -0.491 e. The number of ether oxygens (including phenoxy) is 1. The van der Waals surface area contributed by atoms with Gasteiger partial charge in [0.25, 0.3) is 0 Å². The summed E-state index contributed by atoms with van der Waals surface area (Å²) in [5.41, 5.74) is 1.19. The zero-order chi connectivity index (χ0) is 17.9. The average molecular weight is 360 g/mol. The smallest absolute Gasteiger partial charge is 0.243 e. The van der Waals surface area contributed by atoms with E-state index >= 15 is 0 Å². The molecule has 134 valence electrons. The van der Waals surface area contributed by atoms with Gasteiger partial charge in [-0.15, -0.1) is 0 Å². The standard InChI is InChI=1S/C19H24N2O3S/c1-15(2)24-18-5-7-19(8-6-18)25(22,23)21-12-9-16(10-13-21)17-4-3-11-20-14-17/h3-8,11,14-16H,9-10,12-13H2,1-2H3. The van der Waals surface area contributed by atoms with Crippen molar-refractivity contribution in [1.82, 2.24) is 9.29 Å². The van der Waals surface area contributed by atoms with Crippen LogP contribution < -0.4 is 4.74 Å². The Morgan fingerprint density at radius 3 is 2.36 bits per heavy atom. The molecule has 1 aliphatic heterocycles. The van der Waals surface area contributed by atoms with Crippen LogP contribution in [0.4, 0.5) is 0 Å². The highest BCUT2D eigenvalue weighted by Gasteiger charge is 2.30. The van der Waals surface area contributed by atoms with Gasteiger partial charge in [0.05, 0.1) is 11.0 Å². The van der Waals surface area contributed by atoms with E-state index in [4.69, 9.17) is 4.74 Å². The minimum absolute atomic E-state index is 0.0639. The Labute approximate surface area is 149 Å². The second kappa shape index (κ2) is 7.54. The summed E-state index contributed by atoms with van der Waals surface area (Å²) in [6, 6.07) is 10.7. The first-order valence-corrected chi connectivity index (χ1v) is 10.1. The highest BCUT2D eigenvalue weighted by molar-refractivity contribution is 7.89. The van der Waals surface area contributed by atoms with Crippen molar-refractivity contribution in [2.24, 2.45) is 0 Å². The largest absolute Gasteiger partial charge is 0.491 e. The van der Waals surface area contributed by atoms with E-state index < -0.39 is 10.0 Å². The molecule has 5 nitrogen and oxygen atoms in total. The molecule has 0 N–H and O–H groups in total. The van der Waals surface area contributed by atoms with Gasteiger partial charge in [-0.25, -0.2) is 8.42 Å². The minimum atomic E-state index is -3.45. The summed E-state index contributed by atoms with van der Waals surface area (Å²) in [7, 11) is -3.45. The average Bonchev–Trinajstić information content (AvgIpc) is 2.62. The number of aromatic nitrogens is 1. The van der Waals surface area contributed by atoms with Crippen LogP contribution in [0.1, 0.15) is 38.2 Å². The summed E-state index contributed by atoms with van der Waals surface area (Å²) in [6.07, 6.45) is 5.34. The number of piperidine rings is 1. The zero-order valence-electron chi connectivity index (χ0n) is 14.6. The number of pyridine rings is 1. The fraction of sp³-hybridized carbons (Fsp3) is 0.421. The Balaban J connectivity index is 1.67. The van der Waals surface area contributed by atoms with Crippen LogP contribution in [0.15, 0.2) is 53.7 Å². The van der Waals surface area contributed by atoms with E-state index in [0.29, 0.717) is 29.7 Å². The first-order valence-electron chi connectivity index (χ1n) is 8.63. The SMILES string of the molecule is CC(C)Oc1ccc(S(=O)(=O)N2CCC(c3cccnc3)CC2)cc1. The zero-order valence-corrected chi connectivity index (χ0v) is 15.4. The monoisotopic (exact) mass is 360 g/mol. The fourth-order valence-corrected chi connectivity index (χ4v) is 4.63. The molecule has 0 bridgehead atoms. The molecule has 0 saturated carbocycles. The molecule has 3 rings (SSSR count). The normalized spacial score (nSPS) is 16.9. The quantitative estimate of drug-likeness (QED) is 0.819. The van der Waals surface area contributed by atoms with E-state index in [0.717, 1.165) is 12.8 Å². The van der Waals surface area contributed by atoms with E-state index in [1.165, 1.54) is 5.56 Å². The van der Waals surface area contributed by atoms with Crippen LogP contribution in [0, 0.1) is 0 Å². The van der Waals surface area contributed by atoms with Crippen molar-refractivity contribution < 1.29 is 13.2 Å². The maximum absolute atomic E-state index is 12.8. The molecule has 1 aliphatic rings. The molecule has 0 atom stereocenters. The second-order valence-electron chi connectivity index (χ2n) is 6.60. The Bertz CT molecular complexity index is 781. The lowest BCUT2D eigenvalue weighted by atomic mass is 9.91. The van der Waals surface area contributed by atoms with E-state index in [-0.39, 0.29) is 6.10 Å². The number of sulfonamides is 1. The molecule has 0 radical (unpaired) electrons. The van der Waals surface area contributed by atoms with Crippen molar-refractivity contribution in [3.63, 3.8) is 0 Å². The number of rotatable bonds is 5. The van der Waals surface area contributed by atoms with E-state index in [1.54, 1.807) is 34.8 Å². The first kappa shape index (κ1) is 17.9. The van der Waals surface area contributed by atoms with Crippen LogP contribution in [0.2, 0.25) is 0 Å². The van der Waals surface area contributed by atoms with Gasteiger partial charge in [-0.05, 0) is 68.5 Å². The van der Waals surface area contributed by atoms with Crippen LogP contribution in [-0.2, 0) is 10.0 Å². The lowest BCUT2D eigenvalue weighted by Crippen LogP contribution is -2.37. The highest BCUT2D eigenvalue weighted by Crippen LogP contribution is 2.30. The van der Waals surface area contributed by atoms with Gasteiger partial charge in [0, 0.05) is 25.5 Å². The van der Waals surface area contributed by atoms with Crippen LogP contribution in [-0.4, -0.2) is 36.9 Å². The summed E-state index contributed by atoms with van der Waals surface area (Å²) < 4.78 is 32.8. The molecule has 1 fully saturated rings. The van der Waals surface area contributed by atoms with Gasteiger partial charge in [0.15, 0.2) is 0 Å². The predicted octanol–water partition coefficient (Wildman–Crippen LogP) is 3.44.